The highest BCUT2D eigenvalue weighted by Gasteiger charge is 2.39. The Hall–Kier alpha value is -1.39. The molecule has 102 valence electrons. The third kappa shape index (κ3) is 2.38. The Morgan fingerprint density at radius 2 is 1.79 bits per heavy atom. The number of methoxy groups -OCH3 is 1. The fourth-order valence-corrected chi connectivity index (χ4v) is 2.87. The van der Waals surface area contributed by atoms with Crippen molar-refractivity contribution >= 4 is 5.97 Å². The van der Waals surface area contributed by atoms with Gasteiger partial charge >= 0.3 is 5.97 Å². The lowest BCUT2D eigenvalue weighted by Crippen LogP contribution is -2.25. The van der Waals surface area contributed by atoms with Crippen molar-refractivity contribution in [3.8, 4) is 0 Å². The molecule has 4 heteroatoms. The van der Waals surface area contributed by atoms with Crippen LogP contribution in [0.1, 0.15) is 47.9 Å². The number of carbonyl (C=O) groups is 1. The van der Waals surface area contributed by atoms with Crippen molar-refractivity contribution in [2.24, 2.45) is 0 Å². The molecule has 1 saturated heterocycles. The van der Waals surface area contributed by atoms with Gasteiger partial charge in [-0.15, -0.1) is 0 Å². The van der Waals surface area contributed by atoms with E-state index in [4.69, 9.17) is 14.2 Å². The maximum absolute atomic E-state index is 11.8. The van der Waals surface area contributed by atoms with Gasteiger partial charge in [0.1, 0.15) is 0 Å². The number of rotatable bonds is 2. The molecule has 1 saturated carbocycles. The van der Waals surface area contributed by atoms with Crippen LogP contribution < -0.4 is 0 Å². The van der Waals surface area contributed by atoms with Gasteiger partial charge in [-0.1, -0.05) is 31.0 Å². The fourth-order valence-electron chi connectivity index (χ4n) is 2.87. The van der Waals surface area contributed by atoms with Gasteiger partial charge in [-0.05, 0) is 18.9 Å². The highest BCUT2D eigenvalue weighted by molar-refractivity contribution is 5.91. The van der Waals surface area contributed by atoms with E-state index < -0.39 is 6.29 Å². The SMILES string of the molecule is COC(=O)c1ccccc1C1O[C@@H]2CCCC[C@H]2O1. The number of hydrogen-bond acceptors (Lipinski definition) is 4. The third-order valence-electron chi connectivity index (χ3n) is 3.86. The van der Waals surface area contributed by atoms with Crippen LogP contribution in [0, 0.1) is 0 Å². The molecule has 3 rings (SSSR count). The summed E-state index contributed by atoms with van der Waals surface area (Å²) in [7, 11) is 1.38. The molecule has 1 aliphatic carbocycles. The zero-order valence-corrected chi connectivity index (χ0v) is 11.0. The van der Waals surface area contributed by atoms with E-state index in [2.05, 4.69) is 0 Å². The summed E-state index contributed by atoms with van der Waals surface area (Å²) in [5.41, 5.74) is 1.29. The van der Waals surface area contributed by atoms with Crippen LogP contribution in [-0.4, -0.2) is 25.3 Å². The zero-order chi connectivity index (χ0) is 13.2. The highest BCUT2D eigenvalue weighted by Crippen LogP contribution is 2.39. The van der Waals surface area contributed by atoms with Crippen LogP contribution >= 0.6 is 0 Å². The molecule has 0 unspecified atom stereocenters. The van der Waals surface area contributed by atoms with Gasteiger partial charge in [-0.25, -0.2) is 4.79 Å². The summed E-state index contributed by atoms with van der Waals surface area (Å²) in [6.45, 7) is 0. The molecule has 1 aliphatic heterocycles. The van der Waals surface area contributed by atoms with Gasteiger partial charge in [0, 0.05) is 5.56 Å². The second-order valence-corrected chi connectivity index (χ2v) is 5.04. The second kappa shape index (κ2) is 5.31. The molecular formula is C15H18O4. The van der Waals surface area contributed by atoms with Crippen molar-refractivity contribution in [2.45, 2.75) is 44.2 Å². The molecule has 1 heterocycles. The van der Waals surface area contributed by atoms with Crippen molar-refractivity contribution < 1.29 is 19.0 Å². The number of carbonyl (C=O) groups excluding carboxylic acids is 1. The molecule has 2 fully saturated rings. The first kappa shape index (κ1) is 12.6. The van der Waals surface area contributed by atoms with Gasteiger partial charge in [-0.3, -0.25) is 0 Å². The number of fused-ring (bicyclic) bond motifs is 1. The van der Waals surface area contributed by atoms with Crippen LogP contribution in [0.15, 0.2) is 24.3 Å². The van der Waals surface area contributed by atoms with Crippen LogP contribution in [0.25, 0.3) is 0 Å². The number of esters is 1. The van der Waals surface area contributed by atoms with E-state index >= 15 is 0 Å². The minimum absolute atomic E-state index is 0.171. The van der Waals surface area contributed by atoms with Crippen LogP contribution in [0.5, 0.6) is 0 Å². The maximum Gasteiger partial charge on any atom is 0.338 e. The number of benzene rings is 1. The predicted molar refractivity (Wildman–Crippen MR) is 68.7 cm³/mol. The summed E-state index contributed by atoms with van der Waals surface area (Å²) in [5, 5.41) is 0. The van der Waals surface area contributed by atoms with Crippen molar-refractivity contribution in [3.05, 3.63) is 35.4 Å². The lowest BCUT2D eigenvalue weighted by molar-refractivity contribution is -0.0686. The number of hydrogen-bond donors (Lipinski definition) is 0. The summed E-state index contributed by atoms with van der Waals surface area (Å²) in [4.78, 5) is 11.8. The summed E-state index contributed by atoms with van der Waals surface area (Å²) in [5.74, 6) is -0.349. The molecular weight excluding hydrogens is 244 g/mol. The third-order valence-corrected chi connectivity index (χ3v) is 3.86. The molecule has 4 nitrogen and oxygen atoms in total. The topological polar surface area (TPSA) is 44.8 Å². The highest BCUT2D eigenvalue weighted by atomic mass is 16.7. The monoisotopic (exact) mass is 262 g/mol. The summed E-state index contributed by atoms with van der Waals surface area (Å²) < 4.78 is 16.7. The van der Waals surface area contributed by atoms with Crippen LogP contribution in [-0.2, 0) is 14.2 Å². The lowest BCUT2D eigenvalue weighted by atomic mass is 9.95. The molecule has 0 aromatic heterocycles. The van der Waals surface area contributed by atoms with Gasteiger partial charge in [0.25, 0.3) is 0 Å². The Morgan fingerprint density at radius 3 is 2.42 bits per heavy atom. The second-order valence-electron chi connectivity index (χ2n) is 5.04. The first-order chi connectivity index (χ1) is 9.29. The van der Waals surface area contributed by atoms with E-state index in [0.29, 0.717) is 5.56 Å². The van der Waals surface area contributed by atoms with Gasteiger partial charge < -0.3 is 14.2 Å². The Balaban J connectivity index is 1.85. The normalized spacial score (nSPS) is 27.0. The quantitative estimate of drug-likeness (QED) is 0.769. The smallest absolute Gasteiger partial charge is 0.338 e. The molecule has 2 atom stereocenters. The largest absolute Gasteiger partial charge is 0.465 e. The minimum Gasteiger partial charge on any atom is -0.465 e. The lowest BCUT2D eigenvalue weighted by Gasteiger charge is -2.21. The molecule has 0 spiro atoms. The molecule has 1 aromatic rings. The Bertz CT molecular complexity index is 457. The van der Waals surface area contributed by atoms with E-state index in [0.717, 1.165) is 18.4 Å². The first-order valence-corrected chi connectivity index (χ1v) is 6.78. The predicted octanol–water partition coefficient (Wildman–Crippen LogP) is 2.83. The van der Waals surface area contributed by atoms with E-state index in [9.17, 15) is 4.79 Å². The standard InChI is InChI=1S/C15H18O4/c1-17-14(16)10-6-2-3-7-11(10)15-18-12-8-4-5-9-13(12)19-15/h2-3,6-7,12-13,15H,4-5,8-9H2,1H3/t12-,13-/m1/s1. The average Bonchev–Trinajstić information content (AvgIpc) is 2.90. The van der Waals surface area contributed by atoms with Crippen molar-refractivity contribution in [3.63, 3.8) is 0 Å². The van der Waals surface area contributed by atoms with E-state index in [1.807, 2.05) is 18.2 Å². The van der Waals surface area contributed by atoms with Crippen LogP contribution in [0.2, 0.25) is 0 Å². The van der Waals surface area contributed by atoms with Crippen LogP contribution in [0.3, 0.4) is 0 Å². The summed E-state index contributed by atoms with van der Waals surface area (Å²) in [6.07, 6.45) is 4.37. The van der Waals surface area contributed by atoms with E-state index in [-0.39, 0.29) is 18.2 Å². The first-order valence-electron chi connectivity index (χ1n) is 6.78. The zero-order valence-electron chi connectivity index (χ0n) is 11.0. The molecule has 0 radical (unpaired) electrons. The summed E-state index contributed by atoms with van der Waals surface area (Å²) >= 11 is 0. The Morgan fingerprint density at radius 1 is 1.16 bits per heavy atom. The molecule has 1 aromatic carbocycles. The van der Waals surface area contributed by atoms with Crippen LogP contribution in [0.4, 0.5) is 0 Å². The Labute approximate surface area is 112 Å². The molecule has 0 N–H and O–H groups in total. The number of ether oxygens (including phenoxy) is 3. The maximum atomic E-state index is 11.8. The van der Waals surface area contributed by atoms with Crippen molar-refractivity contribution in [1.82, 2.24) is 0 Å². The van der Waals surface area contributed by atoms with Gasteiger partial charge in [0.2, 0.25) is 0 Å². The van der Waals surface area contributed by atoms with Crippen molar-refractivity contribution in [2.75, 3.05) is 7.11 Å². The van der Waals surface area contributed by atoms with Gasteiger partial charge in [0.15, 0.2) is 6.29 Å². The molecule has 2 aliphatic rings. The molecule has 0 bridgehead atoms. The fraction of sp³-hybridized carbons (Fsp3) is 0.533. The van der Waals surface area contributed by atoms with Gasteiger partial charge in [-0.2, -0.15) is 0 Å². The van der Waals surface area contributed by atoms with Crippen molar-refractivity contribution in [1.29, 1.82) is 0 Å². The van der Waals surface area contributed by atoms with Gasteiger partial charge in [0.05, 0.1) is 24.9 Å². The minimum atomic E-state index is -0.441. The molecule has 0 amide bonds. The molecule has 19 heavy (non-hydrogen) atoms. The summed E-state index contributed by atoms with van der Waals surface area (Å²) in [6, 6.07) is 7.32. The van der Waals surface area contributed by atoms with E-state index in [1.165, 1.54) is 20.0 Å². The average molecular weight is 262 g/mol. The van der Waals surface area contributed by atoms with E-state index in [1.54, 1.807) is 6.07 Å². The Kier molecular flexibility index (Phi) is 3.53.